The van der Waals surface area contributed by atoms with E-state index in [1.54, 1.807) is 0 Å². The largest absolute Gasteiger partial charge is 0.416 e. The van der Waals surface area contributed by atoms with Gasteiger partial charge in [-0.1, -0.05) is 31.9 Å². The van der Waals surface area contributed by atoms with E-state index in [4.69, 9.17) is 11.6 Å². The molecule has 1 unspecified atom stereocenters. The van der Waals surface area contributed by atoms with Gasteiger partial charge in [0.25, 0.3) is 0 Å². The van der Waals surface area contributed by atoms with Gasteiger partial charge in [-0.15, -0.1) is 12.4 Å². The molecular weight excluding hydrogens is 379 g/mol. The summed E-state index contributed by atoms with van der Waals surface area (Å²) >= 11 is 5.83. The zero-order valence-electron chi connectivity index (χ0n) is 14.3. The number of benzene rings is 1. The second-order valence-corrected chi connectivity index (χ2v) is 6.72. The zero-order valence-corrected chi connectivity index (χ0v) is 15.9. The molecule has 2 nitrogen and oxygen atoms in total. The number of rotatable bonds is 5. The first-order valence-electron chi connectivity index (χ1n) is 8.27. The van der Waals surface area contributed by atoms with E-state index >= 15 is 0 Å². The summed E-state index contributed by atoms with van der Waals surface area (Å²) < 4.78 is 55.2. The molecule has 144 valence electrons. The van der Waals surface area contributed by atoms with Crippen LogP contribution in [-0.2, 0) is 6.18 Å². The van der Waals surface area contributed by atoms with E-state index in [0.29, 0.717) is 26.2 Å². The molecule has 0 spiro atoms. The van der Waals surface area contributed by atoms with Gasteiger partial charge >= 0.3 is 6.18 Å². The molecule has 1 aromatic rings. The van der Waals surface area contributed by atoms with Gasteiger partial charge in [0.05, 0.1) is 10.6 Å². The zero-order chi connectivity index (χ0) is 17.9. The monoisotopic (exact) mass is 402 g/mol. The molecule has 0 amide bonds. The van der Waals surface area contributed by atoms with Crippen LogP contribution in [0.2, 0.25) is 5.02 Å². The summed E-state index contributed by atoms with van der Waals surface area (Å²) in [5.74, 6) is -1.06. The van der Waals surface area contributed by atoms with Gasteiger partial charge in [0.2, 0.25) is 0 Å². The maximum atomic E-state index is 14.7. The first-order chi connectivity index (χ1) is 11.3. The molecule has 0 radical (unpaired) electrons. The molecule has 0 saturated carbocycles. The van der Waals surface area contributed by atoms with Crippen molar-refractivity contribution < 1.29 is 17.6 Å². The molecule has 1 aliphatic rings. The highest BCUT2D eigenvalue weighted by atomic mass is 35.5. The Bertz CT molecular complexity index is 560. The fourth-order valence-electron chi connectivity index (χ4n) is 3.50. The third kappa shape index (κ3) is 5.22. The Morgan fingerprint density at radius 2 is 1.84 bits per heavy atom. The van der Waals surface area contributed by atoms with Crippen LogP contribution in [-0.4, -0.2) is 31.1 Å². The van der Waals surface area contributed by atoms with Crippen molar-refractivity contribution >= 4 is 24.0 Å². The highest BCUT2D eigenvalue weighted by molar-refractivity contribution is 6.30. The lowest BCUT2D eigenvalue weighted by Crippen LogP contribution is -2.47. The van der Waals surface area contributed by atoms with Crippen molar-refractivity contribution in [2.24, 2.45) is 5.92 Å². The predicted octanol–water partition coefficient (Wildman–Crippen LogP) is 5.30. The highest BCUT2D eigenvalue weighted by Gasteiger charge is 2.40. The molecule has 0 bridgehead atoms. The van der Waals surface area contributed by atoms with Gasteiger partial charge in [-0.25, -0.2) is 4.39 Å². The van der Waals surface area contributed by atoms with Gasteiger partial charge in [0.15, 0.2) is 0 Å². The second kappa shape index (κ2) is 9.40. The lowest BCUT2D eigenvalue weighted by Gasteiger charge is -2.39. The summed E-state index contributed by atoms with van der Waals surface area (Å²) in [6.07, 6.45) is -3.07. The number of halogens is 6. The fourth-order valence-corrected chi connectivity index (χ4v) is 3.67. The van der Waals surface area contributed by atoms with E-state index in [0.717, 1.165) is 25.0 Å². The smallest absolute Gasteiger partial charge is 0.314 e. The van der Waals surface area contributed by atoms with E-state index in [1.165, 1.54) is 0 Å². The summed E-state index contributed by atoms with van der Waals surface area (Å²) in [5.41, 5.74) is -1.23. The molecule has 1 aromatic carbocycles. The van der Waals surface area contributed by atoms with Crippen LogP contribution < -0.4 is 5.32 Å². The maximum absolute atomic E-state index is 14.7. The van der Waals surface area contributed by atoms with Crippen molar-refractivity contribution in [3.63, 3.8) is 0 Å². The first-order valence-corrected chi connectivity index (χ1v) is 8.65. The molecule has 25 heavy (non-hydrogen) atoms. The van der Waals surface area contributed by atoms with Gasteiger partial charge in [0.1, 0.15) is 5.82 Å². The van der Waals surface area contributed by atoms with Gasteiger partial charge in [-0.2, -0.15) is 13.2 Å². The van der Waals surface area contributed by atoms with Crippen molar-refractivity contribution in [2.45, 2.75) is 38.9 Å². The number of piperazine rings is 1. The van der Waals surface area contributed by atoms with Gasteiger partial charge in [-0.05, 0) is 24.5 Å². The molecule has 2 rings (SSSR count). The SMILES string of the molecule is CCCC(C)[C@@H](c1c(C(F)(F)F)ccc(Cl)c1F)N1CCNCC1.Cl. The summed E-state index contributed by atoms with van der Waals surface area (Å²) in [6, 6.07) is 1.25. The molecule has 1 aliphatic heterocycles. The minimum atomic E-state index is -4.61. The Morgan fingerprint density at radius 1 is 1.24 bits per heavy atom. The van der Waals surface area contributed by atoms with Crippen molar-refractivity contribution in [1.82, 2.24) is 10.2 Å². The van der Waals surface area contributed by atoms with Gasteiger partial charge in [0, 0.05) is 37.8 Å². The average molecular weight is 403 g/mol. The number of hydrogen-bond acceptors (Lipinski definition) is 2. The second-order valence-electron chi connectivity index (χ2n) is 6.32. The van der Waals surface area contributed by atoms with E-state index < -0.39 is 23.6 Å². The van der Waals surface area contributed by atoms with Crippen LogP contribution in [0.4, 0.5) is 17.6 Å². The fraction of sp³-hybridized carbons (Fsp3) is 0.647. The van der Waals surface area contributed by atoms with Crippen LogP contribution in [0.15, 0.2) is 12.1 Å². The van der Waals surface area contributed by atoms with Crippen LogP contribution in [0.1, 0.15) is 43.9 Å². The molecule has 2 atom stereocenters. The number of nitrogens with one attached hydrogen (secondary N) is 1. The molecule has 0 aromatic heterocycles. The molecule has 0 aliphatic carbocycles. The number of nitrogens with zero attached hydrogens (tertiary/aromatic N) is 1. The van der Waals surface area contributed by atoms with Crippen molar-refractivity contribution in [1.29, 1.82) is 0 Å². The number of alkyl halides is 3. The average Bonchev–Trinajstić information content (AvgIpc) is 2.52. The topological polar surface area (TPSA) is 15.3 Å². The number of hydrogen-bond donors (Lipinski definition) is 1. The third-order valence-electron chi connectivity index (χ3n) is 4.56. The van der Waals surface area contributed by atoms with Crippen molar-refractivity contribution in [2.75, 3.05) is 26.2 Å². The molecular formula is C17H24Cl2F4N2. The Labute approximate surface area is 157 Å². The highest BCUT2D eigenvalue weighted by Crippen LogP contribution is 2.43. The van der Waals surface area contributed by atoms with Crippen LogP contribution in [0, 0.1) is 11.7 Å². The van der Waals surface area contributed by atoms with Crippen molar-refractivity contribution in [3.8, 4) is 0 Å². The van der Waals surface area contributed by atoms with Crippen LogP contribution >= 0.6 is 24.0 Å². The Balaban J connectivity index is 0.00000312. The summed E-state index contributed by atoms with van der Waals surface area (Å²) in [7, 11) is 0. The molecule has 8 heteroatoms. The molecule has 1 fully saturated rings. The third-order valence-corrected chi connectivity index (χ3v) is 4.85. The molecule has 1 N–H and O–H groups in total. The quantitative estimate of drug-likeness (QED) is 0.671. The van der Waals surface area contributed by atoms with Gasteiger partial charge in [-0.3, -0.25) is 4.90 Å². The minimum absolute atomic E-state index is 0. The summed E-state index contributed by atoms with van der Waals surface area (Å²) in [5, 5.41) is 2.92. The normalized spacial score (nSPS) is 18.5. The van der Waals surface area contributed by atoms with Crippen molar-refractivity contribution in [3.05, 3.63) is 34.1 Å². The Morgan fingerprint density at radius 3 is 2.36 bits per heavy atom. The first kappa shape index (κ1) is 22.5. The van der Waals surface area contributed by atoms with Crippen LogP contribution in [0.25, 0.3) is 0 Å². The Kier molecular flexibility index (Phi) is 8.45. The molecule has 1 saturated heterocycles. The van der Waals surface area contributed by atoms with E-state index in [1.807, 2.05) is 18.7 Å². The minimum Gasteiger partial charge on any atom is -0.314 e. The maximum Gasteiger partial charge on any atom is 0.416 e. The predicted molar refractivity (Wildman–Crippen MR) is 94.9 cm³/mol. The summed E-state index contributed by atoms with van der Waals surface area (Å²) in [6.45, 7) is 6.39. The van der Waals surface area contributed by atoms with Crippen LogP contribution in [0.5, 0.6) is 0 Å². The van der Waals surface area contributed by atoms with E-state index in [2.05, 4.69) is 5.32 Å². The standard InChI is InChI=1S/C17H23ClF4N2.ClH/c1-3-4-11(2)16(24-9-7-23-8-10-24)14-12(17(20,21)22)5-6-13(18)15(14)19;/h5-6,11,16,23H,3-4,7-10H2,1-2H3;1H/t11?,16-;/m0./s1. The Hall–Kier alpha value is -0.560. The molecule has 1 heterocycles. The van der Waals surface area contributed by atoms with E-state index in [9.17, 15) is 17.6 Å². The summed E-state index contributed by atoms with van der Waals surface area (Å²) in [4.78, 5) is 1.95. The lowest BCUT2D eigenvalue weighted by atomic mass is 9.86. The van der Waals surface area contributed by atoms with E-state index in [-0.39, 0.29) is 28.9 Å². The van der Waals surface area contributed by atoms with Gasteiger partial charge < -0.3 is 5.32 Å². The lowest BCUT2D eigenvalue weighted by molar-refractivity contribution is -0.139. The van der Waals surface area contributed by atoms with Crippen LogP contribution in [0.3, 0.4) is 0 Å².